The van der Waals surface area contributed by atoms with Crippen molar-refractivity contribution in [3.05, 3.63) is 63.9 Å². The number of rotatable bonds is 4. The molecule has 0 aliphatic rings. The van der Waals surface area contributed by atoms with Gasteiger partial charge in [0.15, 0.2) is 0 Å². The third-order valence-electron chi connectivity index (χ3n) is 2.42. The Morgan fingerprint density at radius 1 is 1.22 bits per heavy atom. The molecule has 0 heterocycles. The first-order valence-corrected chi connectivity index (χ1v) is 7.09. The first-order chi connectivity index (χ1) is 8.70. The molecule has 0 aliphatic carbocycles. The summed E-state index contributed by atoms with van der Waals surface area (Å²) in [6.45, 7) is 0. The predicted octanol–water partition coefficient (Wildman–Crippen LogP) is 4.69. The zero-order valence-electron chi connectivity index (χ0n) is 9.40. The highest BCUT2D eigenvalue weighted by Crippen LogP contribution is 2.28. The van der Waals surface area contributed by atoms with Crippen LogP contribution in [0.3, 0.4) is 0 Å². The molecule has 0 atom stereocenters. The molecule has 1 nitrogen and oxygen atoms in total. The van der Waals surface area contributed by atoms with Gasteiger partial charge in [-0.15, -0.1) is 11.8 Å². The van der Waals surface area contributed by atoms with Crippen LogP contribution < -0.4 is 0 Å². The molecule has 0 saturated heterocycles. The van der Waals surface area contributed by atoms with E-state index in [1.165, 1.54) is 6.07 Å². The van der Waals surface area contributed by atoms with Gasteiger partial charge in [0.25, 0.3) is 0 Å². The maximum Gasteiger partial charge on any atom is 0.150 e. The number of carbonyl (C=O) groups is 1. The molecule has 0 bridgehead atoms. The highest BCUT2D eigenvalue weighted by molar-refractivity contribution is 9.10. The van der Waals surface area contributed by atoms with Crippen molar-refractivity contribution in [1.29, 1.82) is 0 Å². The average Bonchev–Trinajstić information content (AvgIpc) is 2.41. The molecule has 0 aliphatic heterocycles. The number of thioether (sulfide) groups is 1. The number of aldehydes is 1. The van der Waals surface area contributed by atoms with Crippen molar-refractivity contribution in [1.82, 2.24) is 0 Å². The second-order valence-electron chi connectivity index (χ2n) is 3.69. The van der Waals surface area contributed by atoms with E-state index in [0.717, 1.165) is 16.7 Å². The van der Waals surface area contributed by atoms with Crippen LogP contribution in [0.2, 0.25) is 0 Å². The molecule has 4 heteroatoms. The molecule has 0 saturated carbocycles. The van der Waals surface area contributed by atoms with Crippen molar-refractivity contribution in [2.75, 3.05) is 0 Å². The van der Waals surface area contributed by atoms with Crippen molar-refractivity contribution < 1.29 is 9.18 Å². The van der Waals surface area contributed by atoms with Crippen molar-refractivity contribution in [3.63, 3.8) is 0 Å². The Bertz CT molecular complexity index is 571. The summed E-state index contributed by atoms with van der Waals surface area (Å²) in [4.78, 5) is 11.7. The summed E-state index contributed by atoms with van der Waals surface area (Å²) in [6.07, 6.45) is 0.822. The van der Waals surface area contributed by atoms with Gasteiger partial charge in [-0.2, -0.15) is 0 Å². The zero-order chi connectivity index (χ0) is 13.0. The molecule has 2 aromatic carbocycles. The van der Waals surface area contributed by atoms with Gasteiger partial charge in [0.2, 0.25) is 0 Å². The number of benzene rings is 2. The standard InChI is InChI=1S/C14H10BrFOS/c15-14-11(4-2-6-13(14)16)9-18-12-5-1-3-10(7-12)8-17/h1-8H,9H2. The Morgan fingerprint density at radius 2 is 2.00 bits per heavy atom. The van der Waals surface area contributed by atoms with Crippen LogP contribution in [0, 0.1) is 5.82 Å². The van der Waals surface area contributed by atoms with Crippen molar-refractivity contribution in [3.8, 4) is 0 Å². The van der Waals surface area contributed by atoms with Gasteiger partial charge in [-0.1, -0.05) is 24.3 Å². The third kappa shape index (κ3) is 3.21. The maximum absolute atomic E-state index is 13.3. The van der Waals surface area contributed by atoms with E-state index in [9.17, 15) is 9.18 Å². The third-order valence-corrected chi connectivity index (χ3v) is 4.35. The van der Waals surface area contributed by atoms with Gasteiger partial charge in [0.1, 0.15) is 12.1 Å². The van der Waals surface area contributed by atoms with E-state index in [4.69, 9.17) is 0 Å². The molecular formula is C14H10BrFOS. The fourth-order valence-corrected chi connectivity index (χ4v) is 3.05. The van der Waals surface area contributed by atoms with E-state index in [0.29, 0.717) is 15.8 Å². The highest BCUT2D eigenvalue weighted by atomic mass is 79.9. The van der Waals surface area contributed by atoms with E-state index < -0.39 is 0 Å². The van der Waals surface area contributed by atoms with E-state index in [2.05, 4.69) is 15.9 Å². The van der Waals surface area contributed by atoms with Crippen LogP contribution in [0.4, 0.5) is 4.39 Å². The van der Waals surface area contributed by atoms with Gasteiger partial charge < -0.3 is 0 Å². The Labute approximate surface area is 118 Å². The van der Waals surface area contributed by atoms with Crippen LogP contribution in [0.1, 0.15) is 15.9 Å². The molecule has 18 heavy (non-hydrogen) atoms. The Kier molecular flexibility index (Phi) is 4.55. The van der Waals surface area contributed by atoms with Crippen LogP contribution >= 0.6 is 27.7 Å². The maximum atomic E-state index is 13.3. The fourth-order valence-electron chi connectivity index (χ4n) is 1.50. The molecule has 2 aromatic rings. The van der Waals surface area contributed by atoms with Crippen LogP contribution in [-0.4, -0.2) is 6.29 Å². The zero-order valence-corrected chi connectivity index (χ0v) is 11.8. The SMILES string of the molecule is O=Cc1cccc(SCc2cccc(F)c2Br)c1. The van der Waals surface area contributed by atoms with E-state index in [-0.39, 0.29) is 5.82 Å². The van der Waals surface area contributed by atoms with E-state index >= 15 is 0 Å². The normalized spacial score (nSPS) is 10.3. The van der Waals surface area contributed by atoms with Crippen LogP contribution in [-0.2, 0) is 5.75 Å². The van der Waals surface area contributed by atoms with Crippen molar-refractivity contribution >= 4 is 34.0 Å². The Balaban J connectivity index is 2.11. The second-order valence-corrected chi connectivity index (χ2v) is 5.53. The smallest absolute Gasteiger partial charge is 0.150 e. The van der Waals surface area contributed by atoms with Gasteiger partial charge in [-0.05, 0) is 39.7 Å². The van der Waals surface area contributed by atoms with E-state index in [1.54, 1.807) is 23.9 Å². The van der Waals surface area contributed by atoms with Crippen LogP contribution in [0.15, 0.2) is 51.8 Å². The molecule has 0 amide bonds. The summed E-state index contributed by atoms with van der Waals surface area (Å²) in [6, 6.07) is 12.4. The minimum atomic E-state index is -0.255. The quantitative estimate of drug-likeness (QED) is 0.599. The minimum Gasteiger partial charge on any atom is -0.298 e. The lowest BCUT2D eigenvalue weighted by molar-refractivity contribution is 0.112. The molecule has 0 N–H and O–H groups in total. The molecule has 0 radical (unpaired) electrons. The van der Waals surface area contributed by atoms with Crippen molar-refractivity contribution in [2.45, 2.75) is 10.6 Å². The van der Waals surface area contributed by atoms with Gasteiger partial charge in [0.05, 0.1) is 4.47 Å². The fraction of sp³-hybridized carbons (Fsp3) is 0.0714. The molecular weight excluding hydrogens is 315 g/mol. The molecule has 0 spiro atoms. The summed E-state index contributed by atoms with van der Waals surface area (Å²) < 4.78 is 13.8. The summed E-state index contributed by atoms with van der Waals surface area (Å²) in [5.74, 6) is 0.399. The van der Waals surface area contributed by atoms with Crippen LogP contribution in [0.25, 0.3) is 0 Å². The molecule has 0 fully saturated rings. The highest BCUT2D eigenvalue weighted by Gasteiger charge is 2.05. The second kappa shape index (κ2) is 6.16. The monoisotopic (exact) mass is 324 g/mol. The summed E-state index contributed by atoms with van der Waals surface area (Å²) in [5.41, 5.74) is 1.55. The Morgan fingerprint density at radius 3 is 2.78 bits per heavy atom. The Hall–Kier alpha value is -1.13. The first-order valence-electron chi connectivity index (χ1n) is 5.31. The number of halogens is 2. The number of carbonyl (C=O) groups excluding carboxylic acids is 1. The minimum absolute atomic E-state index is 0.255. The predicted molar refractivity (Wildman–Crippen MR) is 75.5 cm³/mol. The largest absolute Gasteiger partial charge is 0.298 e. The van der Waals surface area contributed by atoms with E-state index in [1.807, 2.05) is 24.3 Å². The topological polar surface area (TPSA) is 17.1 Å². The van der Waals surface area contributed by atoms with Gasteiger partial charge >= 0.3 is 0 Å². The summed E-state index contributed by atoms with van der Waals surface area (Å²) >= 11 is 4.81. The van der Waals surface area contributed by atoms with Crippen LogP contribution in [0.5, 0.6) is 0 Å². The van der Waals surface area contributed by atoms with Crippen molar-refractivity contribution in [2.24, 2.45) is 0 Å². The number of hydrogen-bond acceptors (Lipinski definition) is 2. The number of hydrogen-bond donors (Lipinski definition) is 0. The lowest BCUT2D eigenvalue weighted by Gasteiger charge is -2.05. The molecule has 92 valence electrons. The molecule has 0 aromatic heterocycles. The van der Waals surface area contributed by atoms with Gasteiger partial charge in [-0.25, -0.2) is 4.39 Å². The van der Waals surface area contributed by atoms with Gasteiger partial charge in [-0.3, -0.25) is 4.79 Å². The summed E-state index contributed by atoms with van der Waals surface area (Å²) in [5, 5.41) is 0. The first kappa shape index (κ1) is 13.3. The lowest BCUT2D eigenvalue weighted by Crippen LogP contribution is -1.87. The molecule has 2 rings (SSSR count). The molecule has 0 unspecified atom stereocenters. The average molecular weight is 325 g/mol. The van der Waals surface area contributed by atoms with Gasteiger partial charge in [0, 0.05) is 16.2 Å². The lowest BCUT2D eigenvalue weighted by atomic mass is 10.2. The summed E-state index contributed by atoms with van der Waals surface area (Å²) in [7, 11) is 0.